The molecule has 0 aliphatic carbocycles. The minimum Gasteiger partial charge on any atom is -0.481 e. The van der Waals surface area contributed by atoms with Gasteiger partial charge in [0.2, 0.25) is 5.91 Å². The van der Waals surface area contributed by atoms with Gasteiger partial charge < -0.3 is 20.1 Å². The third kappa shape index (κ3) is 5.10. The van der Waals surface area contributed by atoms with E-state index in [1.807, 2.05) is 20.8 Å². The predicted molar refractivity (Wildman–Crippen MR) is 105 cm³/mol. The Bertz CT molecular complexity index is 719. The third-order valence-corrected chi connectivity index (χ3v) is 5.07. The number of hydrogen-bond acceptors (Lipinski definition) is 4. The average Bonchev–Trinajstić information content (AvgIpc) is 2.65. The highest BCUT2D eigenvalue weighted by Crippen LogP contribution is 2.31. The first-order valence-corrected chi connectivity index (χ1v) is 9.48. The lowest BCUT2D eigenvalue weighted by Crippen LogP contribution is -2.52. The van der Waals surface area contributed by atoms with E-state index in [1.165, 1.54) is 7.11 Å². The molecule has 154 valence electrons. The van der Waals surface area contributed by atoms with Gasteiger partial charge in [-0.3, -0.25) is 14.4 Å². The number of piperidine rings is 1. The van der Waals surface area contributed by atoms with Gasteiger partial charge in [0.15, 0.2) is 0 Å². The number of likely N-dealkylation sites (tertiary alicyclic amines) is 1. The van der Waals surface area contributed by atoms with Crippen molar-refractivity contribution in [2.75, 3.05) is 26.8 Å². The van der Waals surface area contributed by atoms with Crippen LogP contribution in [0.4, 0.5) is 0 Å². The molecule has 2 rings (SSSR count). The van der Waals surface area contributed by atoms with Gasteiger partial charge in [-0.25, -0.2) is 0 Å². The second-order valence-corrected chi connectivity index (χ2v) is 8.48. The van der Waals surface area contributed by atoms with Crippen LogP contribution in [0.15, 0.2) is 24.3 Å². The van der Waals surface area contributed by atoms with Crippen LogP contribution in [0.1, 0.15) is 49.5 Å². The topological polar surface area (TPSA) is 95.9 Å². The lowest BCUT2D eigenvalue weighted by molar-refractivity contribution is -0.155. The molecule has 0 aromatic heterocycles. The summed E-state index contributed by atoms with van der Waals surface area (Å²) in [5, 5.41) is 12.5. The maximum absolute atomic E-state index is 12.8. The van der Waals surface area contributed by atoms with Crippen molar-refractivity contribution in [2.24, 2.45) is 10.8 Å². The van der Waals surface area contributed by atoms with Crippen molar-refractivity contribution in [1.29, 1.82) is 0 Å². The number of benzene rings is 1. The van der Waals surface area contributed by atoms with Crippen LogP contribution in [0.2, 0.25) is 0 Å². The van der Waals surface area contributed by atoms with Gasteiger partial charge >= 0.3 is 5.97 Å². The van der Waals surface area contributed by atoms with E-state index in [1.54, 1.807) is 29.2 Å². The van der Waals surface area contributed by atoms with Gasteiger partial charge in [0.1, 0.15) is 5.41 Å². The van der Waals surface area contributed by atoms with E-state index in [9.17, 15) is 19.5 Å². The monoisotopic (exact) mass is 390 g/mol. The molecule has 2 amide bonds. The second-order valence-electron chi connectivity index (χ2n) is 8.48. The summed E-state index contributed by atoms with van der Waals surface area (Å²) < 4.78 is 5.11. The SMILES string of the molecule is COCC1(C(=O)O)CCCN(C(=O)c2ccc(CNC(=O)C(C)(C)C)cc2)C1. The van der Waals surface area contributed by atoms with E-state index in [0.29, 0.717) is 31.5 Å². The maximum Gasteiger partial charge on any atom is 0.313 e. The number of hydrogen-bond donors (Lipinski definition) is 2. The fourth-order valence-electron chi connectivity index (χ4n) is 3.33. The highest BCUT2D eigenvalue weighted by atomic mass is 16.5. The Labute approximate surface area is 166 Å². The minimum atomic E-state index is -1.06. The van der Waals surface area contributed by atoms with Gasteiger partial charge in [0.05, 0.1) is 6.61 Å². The smallest absolute Gasteiger partial charge is 0.313 e. The first-order chi connectivity index (χ1) is 13.1. The van der Waals surface area contributed by atoms with Crippen molar-refractivity contribution in [3.63, 3.8) is 0 Å². The van der Waals surface area contributed by atoms with Crippen LogP contribution in [0.5, 0.6) is 0 Å². The number of carboxylic acid groups (broad SMARTS) is 1. The average molecular weight is 390 g/mol. The number of nitrogens with zero attached hydrogens (tertiary/aromatic N) is 1. The maximum atomic E-state index is 12.8. The Kier molecular flexibility index (Phi) is 6.82. The number of nitrogens with one attached hydrogen (secondary N) is 1. The van der Waals surface area contributed by atoms with Gasteiger partial charge in [-0.2, -0.15) is 0 Å². The molecule has 0 spiro atoms. The number of methoxy groups -OCH3 is 1. The Morgan fingerprint density at radius 2 is 1.86 bits per heavy atom. The lowest BCUT2D eigenvalue weighted by Gasteiger charge is -2.39. The largest absolute Gasteiger partial charge is 0.481 e. The van der Waals surface area contributed by atoms with Crippen molar-refractivity contribution in [3.05, 3.63) is 35.4 Å². The van der Waals surface area contributed by atoms with E-state index >= 15 is 0 Å². The zero-order chi connectivity index (χ0) is 20.9. The Morgan fingerprint density at radius 1 is 1.21 bits per heavy atom. The molecule has 0 radical (unpaired) electrons. The summed E-state index contributed by atoms with van der Waals surface area (Å²) in [6.07, 6.45) is 1.12. The van der Waals surface area contributed by atoms with E-state index in [0.717, 1.165) is 5.56 Å². The summed E-state index contributed by atoms with van der Waals surface area (Å²) in [5.74, 6) is -1.16. The van der Waals surface area contributed by atoms with Gasteiger partial charge in [0.25, 0.3) is 5.91 Å². The van der Waals surface area contributed by atoms with E-state index in [4.69, 9.17) is 4.74 Å². The summed E-state index contributed by atoms with van der Waals surface area (Å²) in [4.78, 5) is 38.2. The first kappa shape index (κ1) is 21.9. The van der Waals surface area contributed by atoms with E-state index in [2.05, 4.69) is 5.32 Å². The quantitative estimate of drug-likeness (QED) is 0.777. The number of ether oxygens (including phenoxy) is 1. The van der Waals surface area contributed by atoms with Crippen molar-refractivity contribution >= 4 is 17.8 Å². The molecule has 0 saturated carbocycles. The molecule has 7 heteroatoms. The highest BCUT2D eigenvalue weighted by Gasteiger charge is 2.44. The summed E-state index contributed by atoms with van der Waals surface area (Å²) in [6, 6.07) is 7.04. The number of rotatable bonds is 6. The van der Waals surface area contributed by atoms with Crippen molar-refractivity contribution in [3.8, 4) is 0 Å². The summed E-state index contributed by atoms with van der Waals surface area (Å²) in [6.45, 7) is 6.69. The van der Waals surface area contributed by atoms with Crippen LogP contribution < -0.4 is 5.32 Å². The minimum absolute atomic E-state index is 0.0378. The Balaban J connectivity index is 2.04. The van der Waals surface area contributed by atoms with Crippen LogP contribution in [0, 0.1) is 10.8 Å². The van der Waals surface area contributed by atoms with E-state index in [-0.39, 0.29) is 25.0 Å². The number of carbonyl (C=O) groups excluding carboxylic acids is 2. The van der Waals surface area contributed by atoms with Gasteiger partial charge in [-0.15, -0.1) is 0 Å². The molecular formula is C21H30N2O5. The molecule has 1 aromatic rings. The molecule has 1 atom stereocenters. The molecule has 1 aromatic carbocycles. The molecule has 1 aliphatic heterocycles. The van der Waals surface area contributed by atoms with Crippen molar-refractivity contribution < 1.29 is 24.2 Å². The third-order valence-electron chi connectivity index (χ3n) is 5.07. The number of amides is 2. The molecule has 1 saturated heterocycles. The normalized spacial score (nSPS) is 19.9. The van der Waals surface area contributed by atoms with Gasteiger partial charge in [-0.1, -0.05) is 32.9 Å². The van der Waals surface area contributed by atoms with Gasteiger partial charge in [-0.05, 0) is 30.5 Å². The second kappa shape index (κ2) is 8.73. The molecule has 0 bridgehead atoms. The van der Waals surface area contributed by atoms with E-state index < -0.39 is 16.8 Å². The molecule has 1 heterocycles. The molecular weight excluding hydrogens is 360 g/mol. The van der Waals surface area contributed by atoms with Crippen LogP contribution in [-0.2, 0) is 20.9 Å². The van der Waals surface area contributed by atoms with Crippen LogP contribution >= 0.6 is 0 Å². The van der Waals surface area contributed by atoms with Crippen LogP contribution in [0.25, 0.3) is 0 Å². The Morgan fingerprint density at radius 3 is 2.39 bits per heavy atom. The number of aliphatic carboxylic acids is 1. The lowest BCUT2D eigenvalue weighted by atomic mass is 9.80. The number of carbonyl (C=O) groups is 3. The first-order valence-electron chi connectivity index (χ1n) is 9.48. The molecule has 28 heavy (non-hydrogen) atoms. The molecule has 1 fully saturated rings. The summed E-state index contributed by atoms with van der Waals surface area (Å²) in [5.41, 5.74) is -0.111. The summed E-state index contributed by atoms with van der Waals surface area (Å²) >= 11 is 0. The van der Waals surface area contributed by atoms with Crippen LogP contribution in [-0.4, -0.2) is 54.6 Å². The van der Waals surface area contributed by atoms with Crippen molar-refractivity contribution in [2.45, 2.75) is 40.2 Å². The predicted octanol–water partition coefficient (Wildman–Crippen LogP) is 2.30. The standard InChI is InChI=1S/C21H30N2O5/c1-20(2,3)18(25)22-12-15-6-8-16(9-7-15)17(24)23-11-5-10-21(13-23,14-28-4)19(26)27/h6-9H,5,10-14H2,1-4H3,(H,22,25)(H,26,27). The van der Waals surface area contributed by atoms with Gasteiger partial charge in [0, 0.05) is 37.7 Å². The molecule has 1 unspecified atom stereocenters. The molecule has 1 aliphatic rings. The number of carboxylic acids is 1. The Hall–Kier alpha value is -2.41. The fraction of sp³-hybridized carbons (Fsp3) is 0.571. The highest BCUT2D eigenvalue weighted by molar-refractivity contribution is 5.94. The zero-order valence-corrected chi connectivity index (χ0v) is 17.1. The zero-order valence-electron chi connectivity index (χ0n) is 17.1. The van der Waals surface area contributed by atoms with Crippen LogP contribution in [0.3, 0.4) is 0 Å². The fourth-order valence-corrected chi connectivity index (χ4v) is 3.33. The van der Waals surface area contributed by atoms with Crippen molar-refractivity contribution in [1.82, 2.24) is 10.2 Å². The summed E-state index contributed by atoms with van der Waals surface area (Å²) in [7, 11) is 1.47. The molecule has 2 N–H and O–H groups in total. The molecule has 7 nitrogen and oxygen atoms in total.